The molecule has 2 amide bonds. The molecule has 0 aliphatic heterocycles. The lowest BCUT2D eigenvalue weighted by Crippen LogP contribution is -2.33. The van der Waals surface area contributed by atoms with E-state index in [9.17, 15) is 34.5 Å². The number of aliphatic hydroxyl groups is 2. The molecule has 3 aromatic rings. The van der Waals surface area contributed by atoms with Crippen LogP contribution < -0.4 is 11.1 Å². The van der Waals surface area contributed by atoms with Crippen LogP contribution in [0.4, 0.5) is 5.69 Å². The predicted octanol–water partition coefficient (Wildman–Crippen LogP) is 2.15. The molecule has 0 saturated heterocycles. The number of aliphatic hydroxyl groups excluding tert-OH is 2. The molecule has 12 nitrogen and oxygen atoms in total. The van der Waals surface area contributed by atoms with E-state index >= 15 is 0 Å². The molecule has 8 N–H and O–H groups in total. The van der Waals surface area contributed by atoms with Gasteiger partial charge >= 0.3 is 0 Å². The highest BCUT2D eigenvalue weighted by Crippen LogP contribution is 2.41. The smallest absolute Gasteiger partial charge is 0.294 e. The zero-order valence-corrected chi connectivity index (χ0v) is 22.2. The Morgan fingerprint density at radius 1 is 1.10 bits per heavy atom. The molecular formula is C29H37N3O9. The average molecular weight is 572 g/mol. The Labute approximate surface area is 238 Å². The molecule has 1 aliphatic carbocycles. The number of hydrogen-bond donors (Lipinski definition) is 5. The summed E-state index contributed by atoms with van der Waals surface area (Å²) in [5.74, 6) is -3.61. The van der Waals surface area contributed by atoms with Crippen molar-refractivity contribution in [3.63, 3.8) is 0 Å². The minimum absolute atomic E-state index is 0. The number of benzene rings is 2. The van der Waals surface area contributed by atoms with E-state index in [4.69, 9.17) is 10.3 Å². The number of aromatic hydroxyl groups is 1. The number of nitrogens with two attached hydrogens (primary N) is 1. The zero-order valence-electron chi connectivity index (χ0n) is 22.2. The van der Waals surface area contributed by atoms with Crippen molar-refractivity contribution in [3.05, 3.63) is 65.5 Å². The Morgan fingerprint density at radius 2 is 1.83 bits per heavy atom. The second-order valence-corrected chi connectivity index (χ2v) is 10.00. The van der Waals surface area contributed by atoms with Gasteiger partial charge in [-0.1, -0.05) is 23.4 Å². The Balaban J connectivity index is 0.00000308. The molecule has 3 unspecified atom stereocenters. The fraction of sp³-hybridized carbons (Fsp3) is 0.345. The molecule has 3 atom stereocenters. The SMILES string of the molecule is NC(=O)CC(=O)C(CO)C(CCO)CC1CC(=O)c2c(O)ccc(-c3ccc(NC(=O)c4ccno4)cc3)c2C1.O.[HH].[HH]. The summed E-state index contributed by atoms with van der Waals surface area (Å²) in [5, 5.41) is 36.3. The van der Waals surface area contributed by atoms with Crippen molar-refractivity contribution in [1.82, 2.24) is 5.16 Å². The number of ketones is 2. The molecule has 0 saturated carbocycles. The first-order valence-corrected chi connectivity index (χ1v) is 12.9. The van der Waals surface area contributed by atoms with Crippen LogP contribution in [0.5, 0.6) is 5.75 Å². The maximum atomic E-state index is 13.2. The monoisotopic (exact) mass is 571 g/mol. The number of phenols is 1. The van der Waals surface area contributed by atoms with E-state index < -0.39 is 42.5 Å². The van der Waals surface area contributed by atoms with E-state index in [1.54, 1.807) is 30.3 Å². The molecular weight excluding hydrogens is 534 g/mol. The highest BCUT2D eigenvalue weighted by molar-refractivity contribution is 6.04. The number of primary amides is 1. The summed E-state index contributed by atoms with van der Waals surface area (Å²) in [7, 11) is 0. The largest absolute Gasteiger partial charge is 0.507 e. The van der Waals surface area contributed by atoms with Gasteiger partial charge in [0.05, 0.1) is 24.8 Å². The van der Waals surface area contributed by atoms with Gasteiger partial charge in [-0.25, -0.2) is 0 Å². The second-order valence-electron chi connectivity index (χ2n) is 10.00. The number of hydrogen-bond acceptors (Lipinski definition) is 9. The molecule has 222 valence electrons. The minimum atomic E-state index is -0.889. The topological polar surface area (TPSA) is 225 Å². The van der Waals surface area contributed by atoms with Crippen molar-refractivity contribution in [2.75, 3.05) is 18.5 Å². The number of nitrogens with zero attached hydrogens (tertiary/aromatic N) is 1. The third kappa shape index (κ3) is 7.23. The quantitative estimate of drug-likeness (QED) is 0.200. The highest BCUT2D eigenvalue weighted by Gasteiger charge is 2.35. The van der Waals surface area contributed by atoms with Crippen LogP contribution in [0.1, 0.15) is 55.0 Å². The molecule has 2 aromatic carbocycles. The standard InChI is InChI=1S/C29H31N3O8.H2O.2H2/c30-27(38)14-24(36)22(15-34)18(8-10-33)11-16-12-21-20(5-6-23(35)28(21)25(37)13-16)17-1-3-19(4-2-17)32-29(39)26-7-9-31-40-26;;;/h1-7,9,16,18,22,33-35H,8,10-15H2,(H2,30,38)(H,32,39);1H2;2*1H. The number of carbonyl (C=O) groups is 4. The molecule has 1 heterocycles. The second kappa shape index (κ2) is 13.8. The zero-order chi connectivity index (χ0) is 28.8. The third-order valence-electron chi connectivity index (χ3n) is 7.32. The van der Waals surface area contributed by atoms with E-state index in [-0.39, 0.29) is 56.6 Å². The number of nitrogens with one attached hydrogen (secondary N) is 1. The van der Waals surface area contributed by atoms with E-state index in [2.05, 4.69) is 10.5 Å². The Bertz CT molecular complexity index is 1400. The Hall–Kier alpha value is -4.39. The van der Waals surface area contributed by atoms with E-state index in [0.717, 1.165) is 11.1 Å². The molecule has 1 aromatic heterocycles. The minimum Gasteiger partial charge on any atom is -0.507 e. The molecule has 0 spiro atoms. The Morgan fingerprint density at radius 3 is 2.44 bits per heavy atom. The summed E-state index contributed by atoms with van der Waals surface area (Å²) in [5.41, 5.74) is 8.10. The van der Waals surface area contributed by atoms with Crippen molar-refractivity contribution < 1.29 is 47.4 Å². The summed E-state index contributed by atoms with van der Waals surface area (Å²) in [4.78, 5) is 49.3. The van der Waals surface area contributed by atoms with Crippen LogP contribution in [-0.2, 0) is 16.0 Å². The number of anilines is 1. The van der Waals surface area contributed by atoms with Crippen molar-refractivity contribution in [2.24, 2.45) is 23.5 Å². The maximum Gasteiger partial charge on any atom is 0.294 e. The van der Waals surface area contributed by atoms with Crippen LogP contribution in [-0.4, -0.2) is 62.5 Å². The van der Waals surface area contributed by atoms with Gasteiger partial charge in [-0.2, -0.15) is 0 Å². The molecule has 4 rings (SSSR count). The number of Topliss-reactive ketones (excluding diaryl/α,β-unsaturated/α-hetero) is 2. The molecule has 12 heteroatoms. The van der Waals surface area contributed by atoms with Gasteiger partial charge in [-0.3, -0.25) is 19.2 Å². The first-order valence-electron chi connectivity index (χ1n) is 12.9. The van der Waals surface area contributed by atoms with Gasteiger partial charge in [0, 0.05) is 33.6 Å². The lowest BCUT2D eigenvalue weighted by atomic mass is 9.72. The van der Waals surface area contributed by atoms with Crippen molar-refractivity contribution >= 4 is 29.1 Å². The fourth-order valence-electron chi connectivity index (χ4n) is 5.47. The fourth-order valence-corrected chi connectivity index (χ4v) is 5.47. The van der Waals surface area contributed by atoms with Gasteiger partial charge in [0.1, 0.15) is 11.5 Å². The predicted molar refractivity (Wildman–Crippen MR) is 151 cm³/mol. The summed E-state index contributed by atoms with van der Waals surface area (Å²) >= 11 is 0. The Kier molecular flexibility index (Phi) is 10.5. The first kappa shape index (κ1) is 31.1. The van der Waals surface area contributed by atoms with Crippen molar-refractivity contribution in [1.29, 1.82) is 0 Å². The molecule has 0 fully saturated rings. The maximum absolute atomic E-state index is 13.2. The number of aromatic nitrogens is 1. The first-order chi connectivity index (χ1) is 19.2. The summed E-state index contributed by atoms with van der Waals surface area (Å²) in [6.07, 6.45) is 1.96. The molecule has 41 heavy (non-hydrogen) atoms. The molecule has 0 radical (unpaired) electrons. The molecule has 1 aliphatic rings. The van der Waals surface area contributed by atoms with Crippen LogP contribution >= 0.6 is 0 Å². The van der Waals surface area contributed by atoms with Crippen LogP contribution in [0.3, 0.4) is 0 Å². The number of fused-ring (bicyclic) bond motifs is 1. The highest BCUT2D eigenvalue weighted by atomic mass is 16.5. The van der Waals surface area contributed by atoms with Crippen LogP contribution in [0.2, 0.25) is 0 Å². The molecule has 0 bridgehead atoms. The lowest BCUT2D eigenvalue weighted by Gasteiger charge is -2.31. The van der Waals surface area contributed by atoms with Crippen LogP contribution in [0, 0.1) is 17.8 Å². The van der Waals surface area contributed by atoms with E-state index in [1.807, 2.05) is 0 Å². The number of carbonyl (C=O) groups excluding carboxylic acids is 4. The van der Waals surface area contributed by atoms with Gasteiger partial charge in [0.15, 0.2) is 5.78 Å². The van der Waals surface area contributed by atoms with E-state index in [0.29, 0.717) is 24.1 Å². The van der Waals surface area contributed by atoms with Crippen LogP contribution in [0.15, 0.2) is 53.2 Å². The number of amides is 2. The summed E-state index contributed by atoms with van der Waals surface area (Å²) in [6, 6.07) is 11.6. The van der Waals surface area contributed by atoms with Gasteiger partial charge in [-0.15, -0.1) is 0 Å². The van der Waals surface area contributed by atoms with Crippen LogP contribution in [0.25, 0.3) is 11.1 Å². The van der Waals surface area contributed by atoms with Gasteiger partial charge in [0.25, 0.3) is 5.91 Å². The lowest BCUT2D eigenvalue weighted by molar-refractivity contribution is -0.131. The number of phenolic OH excluding ortho intramolecular Hbond substituents is 1. The average Bonchev–Trinajstić information content (AvgIpc) is 3.45. The third-order valence-corrected chi connectivity index (χ3v) is 7.32. The normalized spacial score (nSPS) is 15.8. The van der Waals surface area contributed by atoms with Crippen molar-refractivity contribution in [2.45, 2.75) is 32.1 Å². The van der Waals surface area contributed by atoms with Gasteiger partial charge < -0.3 is 36.4 Å². The summed E-state index contributed by atoms with van der Waals surface area (Å²) < 4.78 is 4.86. The van der Waals surface area contributed by atoms with Gasteiger partial charge in [0.2, 0.25) is 11.7 Å². The van der Waals surface area contributed by atoms with Crippen molar-refractivity contribution in [3.8, 4) is 16.9 Å². The van der Waals surface area contributed by atoms with E-state index in [1.165, 1.54) is 18.3 Å². The van der Waals surface area contributed by atoms with Gasteiger partial charge in [-0.05, 0) is 66.0 Å². The summed E-state index contributed by atoms with van der Waals surface area (Å²) in [6.45, 7) is -0.729. The number of rotatable bonds is 12.